The molecule has 0 spiro atoms. The second-order valence-electron chi connectivity index (χ2n) is 7.25. The summed E-state index contributed by atoms with van der Waals surface area (Å²) in [7, 11) is 0. The lowest BCUT2D eigenvalue weighted by Crippen LogP contribution is -2.60. The molecular formula is C20H34IN5O. The van der Waals surface area contributed by atoms with Crippen LogP contribution in [0.15, 0.2) is 29.4 Å². The van der Waals surface area contributed by atoms with Gasteiger partial charge in [0.15, 0.2) is 5.96 Å². The Kier molecular flexibility index (Phi) is 9.78. The minimum atomic E-state index is 0. The molecule has 6 nitrogen and oxygen atoms in total. The molecule has 2 aliphatic rings. The van der Waals surface area contributed by atoms with Crippen molar-refractivity contribution in [2.45, 2.75) is 51.1 Å². The standard InChI is InChI=1S/C20H33N5O.HI/c1-2-21-19(23-16-18-8-4-7-11-22-18)24-17-20(9-5-3-6-10-20)25-12-14-26-15-13-25;/h4,7-8,11H,2-3,5-6,9-10,12-17H2,1H3,(H2,21,23,24);1H. The Morgan fingerprint density at radius 1 is 1.19 bits per heavy atom. The van der Waals surface area contributed by atoms with Crippen LogP contribution in [0.25, 0.3) is 0 Å². The van der Waals surface area contributed by atoms with Gasteiger partial charge in [-0.15, -0.1) is 24.0 Å². The molecule has 0 aromatic carbocycles. The van der Waals surface area contributed by atoms with E-state index in [-0.39, 0.29) is 29.5 Å². The summed E-state index contributed by atoms with van der Waals surface area (Å²) in [5.41, 5.74) is 1.23. The van der Waals surface area contributed by atoms with Gasteiger partial charge < -0.3 is 15.4 Å². The predicted molar refractivity (Wildman–Crippen MR) is 121 cm³/mol. The summed E-state index contributed by atoms with van der Waals surface area (Å²) in [5.74, 6) is 0.886. The summed E-state index contributed by atoms with van der Waals surface area (Å²) in [5, 5.41) is 7.01. The van der Waals surface area contributed by atoms with E-state index in [1.165, 1.54) is 32.1 Å². The molecule has 27 heavy (non-hydrogen) atoms. The molecule has 2 heterocycles. The zero-order chi connectivity index (χ0) is 18.1. The van der Waals surface area contributed by atoms with E-state index in [1.54, 1.807) is 0 Å². The average Bonchev–Trinajstić information content (AvgIpc) is 2.72. The van der Waals surface area contributed by atoms with Crippen molar-refractivity contribution in [3.8, 4) is 0 Å². The van der Waals surface area contributed by atoms with Crippen molar-refractivity contribution in [3.63, 3.8) is 0 Å². The molecule has 1 saturated carbocycles. The van der Waals surface area contributed by atoms with Crippen LogP contribution in [-0.4, -0.2) is 60.8 Å². The molecule has 0 atom stereocenters. The van der Waals surface area contributed by atoms with Crippen LogP contribution in [0.4, 0.5) is 0 Å². The van der Waals surface area contributed by atoms with Crippen LogP contribution in [0.1, 0.15) is 44.7 Å². The maximum Gasteiger partial charge on any atom is 0.191 e. The monoisotopic (exact) mass is 487 g/mol. The molecule has 0 radical (unpaired) electrons. The third-order valence-corrected chi connectivity index (χ3v) is 5.52. The fourth-order valence-electron chi connectivity index (χ4n) is 4.09. The number of rotatable bonds is 6. The SMILES string of the molecule is CCNC(=NCc1ccccn1)NCC1(N2CCOCC2)CCCCC1.I. The molecule has 0 amide bonds. The Labute approximate surface area is 180 Å². The van der Waals surface area contributed by atoms with Gasteiger partial charge in [-0.2, -0.15) is 0 Å². The van der Waals surface area contributed by atoms with Gasteiger partial charge in [-0.05, 0) is 31.9 Å². The van der Waals surface area contributed by atoms with E-state index < -0.39 is 0 Å². The first-order valence-electron chi connectivity index (χ1n) is 10.1. The number of nitrogens with zero attached hydrogens (tertiary/aromatic N) is 3. The number of morpholine rings is 1. The Bertz CT molecular complexity index is 557. The smallest absolute Gasteiger partial charge is 0.191 e. The zero-order valence-corrected chi connectivity index (χ0v) is 18.8. The quantitative estimate of drug-likeness (QED) is 0.367. The average molecular weight is 487 g/mol. The molecule has 0 unspecified atom stereocenters. The second-order valence-corrected chi connectivity index (χ2v) is 7.25. The van der Waals surface area contributed by atoms with Crippen LogP contribution < -0.4 is 10.6 Å². The number of guanidine groups is 1. The highest BCUT2D eigenvalue weighted by molar-refractivity contribution is 14.0. The van der Waals surface area contributed by atoms with Crippen LogP contribution in [0.2, 0.25) is 0 Å². The fraction of sp³-hybridized carbons (Fsp3) is 0.700. The minimum absolute atomic E-state index is 0. The highest BCUT2D eigenvalue weighted by Crippen LogP contribution is 2.33. The third-order valence-electron chi connectivity index (χ3n) is 5.52. The summed E-state index contributed by atoms with van der Waals surface area (Å²) in [6.07, 6.45) is 8.35. The Balaban J connectivity index is 0.00000261. The number of nitrogens with one attached hydrogen (secondary N) is 2. The van der Waals surface area contributed by atoms with Crippen LogP contribution >= 0.6 is 24.0 Å². The van der Waals surface area contributed by atoms with Gasteiger partial charge in [0.1, 0.15) is 0 Å². The number of hydrogen-bond acceptors (Lipinski definition) is 4. The van der Waals surface area contributed by atoms with E-state index in [4.69, 9.17) is 9.73 Å². The number of aromatic nitrogens is 1. The van der Waals surface area contributed by atoms with Crippen molar-refractivity contribution < 1.29 is 4.74 Å². The summed E-state index contributed by atoms with van der Waals surface area (Å²) < 4.78 is 5.58. The van der Waals surface area contributed by atoms with E-state index in [0.29, 0.717) is 6.54 Å². The van der Waals surface area contributed by atoms with Crippen LogP contribution in [0.3, 0.4) is 0 Å². The lowest BCUT2D eigenvalue weighted by molar-refractivity contribution is -0.0352. The van der Waals surface area contributed by atoms with Crippen molar-refractivity contribution >= 4 is 29.9 Å². The summed E-state index contributed by atoms with van der Waals surface area (Å²) in [6, 6.07) is 5.96. The largest absolute Gasteiger partial charge is 0.379 e. The molecule has 7 heteroatoms. The fourth-order valence-corrected chi connectivity index (χ4v) is 4.09. The van der Waals surface area contributed by atoms with Gasteiger partial charge in [-0.1, -0.05) is 25.3 Å². The highest BCUT2D eigenvalue weighted by atomic mass is 127. The van der Waals surface area contributed by atoms with Gasteiger partial charge in [-0.25, -0.2) is 4.99 Å². The number of aliphatic imine (C=N–C) groups is 1. The molecule has 1 aromatic rings. The van der Waals surface area contributed by atoms with Gasteiger partial charge in [0.2, 0.25) is 0 Å². The maximum absolute atomic E-state index is 5.58. The molecule has 1 aromatic heterocycles. The van der Waals surface area contributed by atoms with Crippen molar-refractivity contribution in [2.24, 2.45) is 4.99 Å². The van der Waals surface area contributed by atoms with Gasteiger partial charge >= 0.3 is 0 Å². The van der Waals surface area contributed by atoms with Gasteiger partial charge in [-0.3, -0.25) is 9.88 Å². The third kappa shape index (κ3) is 6.57. The topological polar surface area (TPSA) is 61.8 Å². The maximum atomic E-state index is 5.58. The van der Waals surface area contributed by atoms with Crippen molar-refractivity contribution in [1.82, 2.24) is 20.5 Å². The first kappa shape index (κ1) is 22.4. The van der Waals surface area contributed by atoms with Crippen LogP contribution in [0.5, 0.6) is 0 Å². The lowest BCUT2D eigenvalue weighted by atomic mass is 9.80. The van der Waals surface area contributed by atoms with Crippen molar-refractivity contribution in [2.75, 3.05) is 39.4 Å². The van der Waals surface area contributed by atoms with E-state index in [9.17, 15) is 0 Å². The molecule has 2 N–H and O–H groups in total. The lowest BCUT2D eigenvalue weighted by Gasteiger charge is -2.48. The number of halogens is 1. The zero-order valence-electron chi connectivity index (χ0n) is 16.5. The minimum Gasteiger partial charge on any atom is -0.379 e. The molecular weight excluding hydrogens is 453 g/mol. The number of hydrogen-bond donors (Lipinski definition) is 2. The van der Waals surface area contributed by atoms with Gasteiger partial charge in [0, 0.05) is 37.9 Å². The molecule has 3 rings (SSSR count). The molecule has 1 aliphatic heterocycles. The number of ether oxygens (including phenoxy) is 1. The van der Waals surface area contributed by atoms with Crippen molar-refractivity contribution in [3.05, 3.63) is 30.1 Å². The Morgan fingerprint density at radius 2 is 1.96 bits per heavy atom. The highest BCUT2D eigenvalue weighted by Gasteiger charge is 2.38. The predicted octanol–water partition coefficient (Wildman–Crippen LogP) is 2.79. The summed E-state index contributed by atoms with van der Waals surface area (Å²) in [6.45, 7) is 8.31. The first-order valence-corrected chi connectivity index (χ1v) is 10.1. The first-order chi connectivity index (χ1) is 12.8. The molecule has 1 saturated heterocycles. The van der Waals surface area contributed by atoms with Crippen LogP contribution in [0, 0.1) is 0 Å². The second kappa shape index (κ2) is 11.8. The molecule has 2 fully saturated rings. The number of pyridine rings is 1. The van der Waals surface area contributed by atoms with Crippen molar-refractivity contribution in [1.29, 1.82) is 0 Å². The normalized spacial score (nSPS) is 20.6. The van der Waals surface area contributed by atoms with E-state index >= 15 is 0 Å². The Morgan fingerprint density at radius 3 is 2.63 bits per heavy atom. The van der Waals surface area contributed by atoms with Crippen LogP contribution in [-0.2, 0) is 11.3 Å². The van der Waals surface area contributed by atoms with E-state index in [1.807, 2.05) is 24.4 Å². The van der Waals surface area contributed by atoms with Gasteiger partial charge in [0.25, 0.3) is 0 Å². The van der Waals surface area contributed by atoms with E-state index in [2.05, 4.69) is 27.4 Å². The Hall–Kier alpha value is -0.930. The van der Waals surface area contributed by atoms with Gasteiger partial charge in [0.05, 0.1) is 25.5 Å². The molecule has 152 valence electrons. The summed E-state index contributed by atoms with van der Waals surface area (Å²) >= 11 is 0. The summed E-state index contributed by atoms with van der Waals surface area (Å²) in [4.78, 5) is 11.8. The van der Waals surface area contributed by atoms with E-state index in [0.717, 1.165) is 51.0 Å². The molecule has 1 aliphatic carbocycles. The molecule has 0 bridgehead atoms.